The van der Waals surface area contributed by atoms with Crippen molar-refractivity contribution in [3.63, 3.8) is 0 Å². The van der Waals surface area contributed by atoms with Gasteiger partial charge in [0.2, 0.25) is 0 Å². The van der Waals surface area contributed by atoms with E-state index in [4.69, 9.17) is 10.5 Å². The van der Waals surface area contributed by atoms with E-state index in [1.165, 1.54) is 19.3 Å². The van der Waals surface area contributed by atoms with Crippen molar-refractivity contribution in [2.24, 2.45) is 17.6 Å². The molecule has 84 valence electrons. The van der Waals surface area contributed by atoms with E-state index in [0.717, 1.165) is 18.9 Å². The van der Waals surface area contributed by atoms with Crippen LogP contribution in [0.1, 0.15) is 46.5 Å². The molecule has 1 fully saturated rings. The second-order valence-corrected chi connectivity index (χ2v) is 4.72. The average Bonchev–Trinajstić information content (AvgIpc) is 2.61. The molecule has 3 unspecified atom stereocenters. The Kier molecular flexibility index (Phi) is 4.90. The Morgan fingerprint density at radius 3 is 2.43 bits per heavy atom. The molecule has 0 aromatic rings. The summed E-state index contributed by atoms with van der Waals surface area (Å²) >= 11 is 0. The second kappa shape index (κ2) is 5.72. The van der Waals surface area contributed by atoms with Crippen LogP contribution in [0.15, 0.2) is 0 Å². The number of hydrogen-bond donors (Lipinski definition) is 1. The Hall–Kier alpha value is -0.0800. The number of ether oxygens (including phenoxy) is 1. The summed E-state index contributed by atoms with van der Waals surface area (Å²) in [5, 5.41) is 0. The van der Waals surface area contributed by atoms with Crippen molar-refractivity contribution in [1.29, 1.82) is 0 Å². The van der Waals surface area contributed by atoms with Crippen LogP contribution in [0.5, 0.6) is 0 Å². The van der Waals surface area contributed by atoms with Gasteiger partial charge in [0.05, 0.1) is 12.7 Å². The zero-order valence-electron chi connectivity index (χ0n) is 9.83. The summed E-state index contributed by atoms with van der Waals surface area (Å²) < 4.78 is 5.56. The van der Waals surface area contributed by atoms with E-state index in [9.17, 15) is 0 Å². The standard InChI is InChI=1S/C12H25NO/c1-4-10(5-2)7-12(13)11-6-9(3)14-8-11/h9-12H,4-8,13H2,1-3H3. The molecule has 3 atom stereocenters. The molecule has 0 radical (unpaired) electrons. The summed E-state index contributed by atoms with van der Waals surface area (Å²) in [5.74, 6) is 1.41. The van der Waals surface area contributed by atoms with E-state index in [0.29, 0.717) is 18.1 Å². The van der Waals surface area contributed by atoms with Gasteiger partial charge in [-0.1, -0.05) is 26.7 Å². The first-order valence-corrected chi connectivity index (χ1v) is 6.04. The number of hydrogen-bond acceptors (Lipinski definition) is 2. The molecule has 0 aliphatic carbocycles. The minimum Gasteiger partial charge on any atom is -0.378 e. The normalized spacial score (nSPS) is 29.8. The van der Waals surface area contributed by atoms with E-state index < -0.39 is 0 Å². The summed E-state index contributed by atoms with van der Waals surface area (Å²) in [6.45, 7) is 7.54. The smallest absolute Gasteiger partial charge is 0.0551 e. The third-order valence-electron chi connectivity index (χ3n) is 3.60. The van der Waals surface area contributed by atoms with Crippen LogP contribution >= 0.6 is 0 Å². The van der Waals surface area contributed by atoms with E-state index in [-0.39, 0.29) is 0 Å². The Balaban J connectivity index is 2.30. The van der Waals surface area contributed by atoms with Gasteiger partial charge in [0.1, 0.15) is 0 Å². The van der Waals surface area contributed by atoms with E-state index in [1.807, 2.05) is 0 Å². The minimum absolute atomic E-state index is 0.352. The van der Waals surface area contributed by atoms with Crippen molar-refractivity contribution in [1.82, 2.24) is 0 Å². The zero-order chi connectivity index (χ0) is 10.6. The van der Waals surface area contributed by atoms with Gasteiger partial charge in [0.25, 0.3) is 0 Å². The van der Waals surface area contributed by atoms with Crippen LogP contribution in [0.4, 0.5) is 0 Å². The first-order chi connectivity index (χ1) is 6.67. The van der Waals surface area contributed by atoms with Crippen molar-refractivity contribution < 1.29 is 4.74 Å². The number of rotatable bonds is 5. The van der Waals surface area contributed by atoms with Gasteiger partial charge in [-0.05, 0) is 31.6 Å². The summed E-state index contributed by atoms with van der Waals surface area (Å²) in [4.78, 5) is 0. The molecular formula is C12H25NO. The monoisotopic (exact) mass is 199 g/mol. The molecule has 0 bridgehead atoms. The lowest BCUT2D eigenvalue weighted by atomic mass is 9.87. The largest absolute Gasteiger partial charge is 0.378 e. The average molecular weight is 199 g/mol. The Morgan fingerprint density at radius 2 is 2.00 bits per heavy atom. The van der Waals surface area contributed by atoms with Gasteiger partial charge in [-0.3, -0.25) is 0 Å². The fraction of sp³-hybridized carbons (Fsp3) is 1.00. The molecule has 1 aliphatic rings. The topological polar surface area (TPSA) is 35.2 Å². The molecule has 2 N–H and O–H groups in total. The fourth-order valence-corrected chi connectivity index (χ4v) is 2.35. The molecule has 0 aromatic heterocycles. The molecule has 0 saturated carbocycles. The van der Waals surface area contributed by atoms with Crippen molar-refractivity contribution in [2.45, 2.75) is 58.6 Å². The van der Waals surface area contributed by atoms with Crippen LogP contribution in [0, 0.1) is 11.8 Å². The minimum atomic E-state index is 0.352. The van der Waals surface area contributed by atoms with Crippen LogP contribution in [-0.4, -0.2) is 18.8 Å². The van der Waals surface area contributed by atoms with Gasteiger partial charge >= 0.3 is 0 Å². The van der Waals surface area contributed by atoms with E-state index in [1.54, 1.807) is 0 Å². The third kappa shape index (κ3) is 3.25. The first-order valence-electron chi connectivity index (χ1n) is 6.04. The summed E-state index contributed by atoms with van der Waals surface area (Å²) in [6, 6.07) is 0.352. The Morgan fingerprint density at radius 1 is 1.36 bits per heavy atom. The van der Waals surface area contributed by atoms with Gasteiger partial charge in [0.15, 0.2) is 0 Å². The van der Waals surface area contributed by atoms with E-state index in [2.05, 4.69) is 20.8 Å². The highest BCUT2D eigenvalue weighted by Crippen LogP contribution is 2.26. The Bertz CT molecular complexity index is 156. The lowest BCUT2D eigenvalue weighted by molar-refractivity contribution is 0.117. The maximum atomic E-state index is 6.21. The lowest BCUT2D eigenvalue weighted by Gasteiger charge is -2.22. The zero-order valence-corrected chi connectivity index (χ0v) is 9.83. The molecule has 1 saturated heterocycles. The second-order valence-electron chi connectivity index (χ2n) is 4.72. The maximum Gasteiger partial charge on any atom is 0.0551 e. The van der Waals surface area contributed by atoms with Crippen molar-refractivity contribution in [2.75, 3.05) is 6.61 Å². The van der Waals surface area contributed by atoms with Crippen LogP contribution in [0.2, 0.25) is 0 Å². The molecule has 14 heavy (non-hydrogen) atoms. The lowest BCUT2D eigenvalue weighted by Crippen LogP contribution is -2.32. The van der Waals surface area contributed by atoms with Crippen LogP contribution in [-0.2, 0) is 4.74 Å². The SMILES string of the molecule is CCC(CC)CC(N)C1COC(C)C1. The molecule has 0 aromatic carbocycles. The molecule has 0 amide bonds. The van der Waals surface area contributed by atoms with Crippen LogP contribution in [0.3, 0.4) is 0 Å². The Labute approximate surface area is 88.2 Å². The highest BCUT2D eigenvalue weighted by Gasteiger charge is 2.28. The fourth-order valence-electron chi connectivity index (χ4n) is 2.35. The van der Waals surface area contributed by atoms with Gasteiger partial charge in [0, 0.05) is 6.04 Å². The summed E-state index contributed by atoms with van der Waals surface area (Å²) in [5.41, 5.74) is 6.21. The molecular weight excluding hydrogens is 174 g/mol. The highest BCUT2D eigenvalue weighted by atomic mass is 16.5. The van der Waals surface area contributed by atoms with Gasteiger partial charge in [-0.25, -0.2) is 0 Å². The van der Waals surface area contributed by atoms with Gasteiger partial charge in [-0.2, -0.15) is 0 Å². The van der Waals surface area contributed by atoms with Crippen molar-refractivity contribution >= 4 is 0 Å². The predicted molar refractivity (Wildman–Crippen MR) is 60.2 cm³/mol. The molecule has 1 heterocycles. The molecule has 1 aliphatic heterocycles. The summed E-state index contributed by atoms with van der Waals surface area (Å²) in [6.07, 6.45) is 5.27. The first kappa shape index (κ1) is 12.0. The molecule has 0 spiro atoms. The van der Waals surface area contributed by atoms with Gasteiger partial charge < -0.3 is 10.5 Å². The van der Waals surface area contributed by atoms with Crippen molar-refractivity contribution in [3.05, 3.63) is 0 Å². The number of nitrogens with two attached hydrogens (primary N) is 1. The quantitative estimate of drug-likeness (QED) is 0.738. The van der Waals surface area contributed by atoms with E-state index >= 15 is 0 Å². The molecule has 2 heteroatoms. The maximum absolute atomic E-state index is 6.21. The highest BCUT2D eigenvalue weighted by molar-refractivity contribution is 4.81. The van der Waals surface area contributed by atoms with Crippen LogP contribution in [0.25, 0.3) is 0 Å². The molecule has 1 rings (SSSR count). The summed E-state index contributed by atoms with van der Waals surface area (Å²) in [7, 11) is 0. The van der Waals surface area contributed by atoms with Crippen molar-refractivity contribution in [3.8, 4) is 0 Å². The third-order valence-corrected chi connectivity index (χ3v) is 3.60. The van der Waals surface area contributed by atoms with Gasteiger partial charge in [-0.15, -0.1) is 0 Å². The van der Waals surface area contributed by atoms with Crippen LogP contribution < -0.4 is 5.73 Å². The molecule has 2 nitrogen and oxygen atoms in total. The predicted octanol–water partition coefficient (Wildman–Crippen LogP) is 2.57.